The van der Waals surface area contributed by atoms with Gasteiger partial charge in [0.1, 0.15) is 0 Å². The van der Waals surface area contributed by atoms with Crippen molar-refractivity contribution in [3.63, 3.8) is 0 Å². The molecule has 0 saturated heterocycles. The van der Waals surface area contributed by atoms with Crippen LogP contribution in [0.25, 0.3) is 0 Å². The van der Waals surface area contributed by atoms with Gasteiger partial charge in [0, 0.05) is 19.8 Å². The molecule has 1 N–H and O–H groups in total. The standard InChI is InChI=1S/C44H79NO6/c1-3-5-7-9-14-20-29-48-42(49-30-21-15-10-8-6-4-2)23-17-12-11-13-18-25-45(27-28-46)26-19-16-22-31-50-43(47)51-32-24-44-36-39-33-40(37-44)35-41(34-39)38-44/h5-8,39-42,46H,3-4,9-38H2,1-2H3/b7-5-,8-6-. The fraction of sp³-hybridized carbons (Fsp3) is 0.886. The summed E-state index contributed by atoms with van der Waals surface area (Å²) < 4.78 is 23.3. The van der Waals surface area contributed by atoms with E-state index in [9.17, 15) is 9.90 Å². The molecule has 0 aromatic rings. The lowest BCUT2D eigenvalue weighted by Crippen LogP contribution is -2.46. The second-order valence-electron chi connectivity index (χ2n) is 16.2. The van der Waals surface area contributed by atoms with E-state index in [0.717, 1.165) is 134 Å². The lowest BCUT2D eigenvalue weighted by molar-refractivity contribution is -0.147. The molecule has 0 heterocycles. The van der Waals surface area contributed by atoms with Crippen LogP contribution in [0.2, 0.25) is 0 Å². The summed E-state index contributed by atoms with van der Waals surface area (Å²) in [5.74, 6) is 2.80. The van der Waals surface area contributed by atoms with Gasteiger partial charge >= 0.3 is 6.16 Å². The summed E-state index contributed by atoms with van der Waals surface area (Å²) in [7, 11) is 0. The molecule has 0 spiro atoms. The minimum Gasteiger partial charge on any atom is -0.434 e. The van der Waals surface area contributed by atoms with Gasteiger partial charge in [0.15, 0.2) is 6.29 Å². The predicted molar refractivity (Wildman–Crippen MR) is 210 cm³/mol. The van der Waals surface area contributed by atoms with Crippen LogP contribution in [0.5, 0.6) is 0 Å². The molecule has 0 amide bonds. The number of aliphatic hydroxyl groups excluding tert-OH is 1. The van der Waals surface area contributed by atoms with Crippen LogP contribution in [0.15, 0.2) is 24.3 Å². The Bertz CT molecular complexity index is 862. The molecular weight excluding hydrogens is 638 g/mol. The highest BCUT2D eigenvalue weighted by Crippen LogP contribution is 2.61. The van der Waals surface area contributed by atoms with E-state index in [1.807, 2.05) is 0 Å². The van der Waals surface area contributed by atoms with Crippen LogP contribution in [0, 0.1) is 23.2 Å². The molecule has 51 heavy (non-hydrogen) atoms. The lowest BCUT2D eigenvalue weighted by atomic mass is 9.49. The molecule has 7 nitrogen and oxygen atoms in total. The first-order valence-corrected chi connectivity index (χ1v) is 21.7. The van der Waals surface area contributed by atoms with E-state index in [1.165, 1.54) is 70.6 Å². The summed E-state index contributed by atoms with van der Waals surface area (Å²) in [4.78, 5) is 14.6. The van der Waals surface area contributed by atoms with Gasteiger partial charge in [-0.2, -0.15) is 0 Å². The van der Waals surface area contributed by atoms with Gasteiger partial charge in [-0.3, -0.25) is 0 Å². The lowest BCUT2D eigenvalue weighted by Gasteiger charge is -2.57. The predicted octanol–water partition coefficient (Wildman–Crippen LogP) is 11.2. The highest BCUT2D eigenvalue weighted by molar-refractivity contribution is 5.59. The van der Waals surface area contributed by atoms with E-state index < -0.39 is 6.16 Å². The monoisotopic (exact) mass is 718 g/mol. The highest BCUT2D eigenvalue weighted by Gasteiger charge is 2.50. The summed E-state index contributed by atoms with van der Waals surface area (Å²) in [6.45, 7) is 9.81. The third-order valence-corrected chi connectivity index (χ3v) is 11.6. The molecule has 7 heteroatoms. The first-order valence-electron chi connectivity index (χ1n) is 21.7. The van der Waals surface area contributed by atoms with Gasteiger partial charge in [-0.1, -0.05) is 57.4 Å². The molecule has 4 aliphatic carbocycles. The third-order valence-electron chi connectivity index (χ3n) is 11.6. The van der Waals surface area contributed by atoms with Gasteiger partial charge in [-0.15, -0.1) is 0 Å². The Hall–Kier alpha value is -1.41. The minimum absolute atomic E-state index is 0.0745. The molecule has 296 valence electrons. The number of allylic oxidation sites excluding steroid dienone is 4. The van der Waals surface area contributed by atoms with Crippen molar-refractivity contribution in [2.45, 2.75) is 174 Å². The van der Waals surface area contributed by atoms with E-state index >= 15 is 0 Å². The number of rotatable bonds is 33. The highest BCUT2D eigenvalue weighted by atomic mass is 16.7. The number of hydrogen-bond acceptors (Lipinski definition) is 7. The summed E-state index contributed by atoms with van der Waals surface area (Å²) in [5.41, 5.74) is 0.444. The van der Waals surface area contributed by atoms with E-state index in [4.69, 9.17) is 18.9 Å². The van der Waals surface area contributed by atoms with Crippen molar-refractivity contribution in [1.29, 1.82) is 0 Å². The number of carbonyl (C=O) groups is 1. The maximum atomic E-state index is 12.2. The normalized spacial score (nSPS) is 22.7. The third kappa shape index (κ3) is 20.0. The van der Waals surface area contributed by atoms with Gasteiger partial charge in [-0.25, -0.2) is 4.79 Å². The van der Waals surface area contributed by atoms with Crippen LogP contribution in [-0.2, 0) is 18.9 Å². The first-order chi connectivity index (χ1) is 25.1. The maximum Gasteiger partial charge on any atom is 0.508 e. The molecule has 4 rings (SSSR count). The van der Waals surface area contributed by atoms with Crippen LogP contribution < -0.4 is 0 Å². The Morgan fingerprint density at radius 1 is 0.647 bits per heavy atom. The van der Waals surface area contributed by atoms with Crippen molar-refractivity contribution in [2.24, 2.45) is 23.2 Å². The van der Waals surface area contributed by atoms with Crippen molar-refractivity contribution in [3.8, 4) is 0 Å². The average molecular weight is 718 g/mol. The van der Waals surface area contributed by atoms with Crippen molar-refractivity contribution in [3.05, 3.63) is 24.3 Å². The Kier molecular flexibility index (Phi) is 24.2. The second kappa shape index (κ2) is 28.1. The zero-order chi connectivity index (χ0) is 36.2. The molecule has 4 saturated carbocycles. The van der Waals surface area contributed by atoms with Crippen LogP contribution >= 0.6 is 0 Å². The number of hydrogen-bond donors (Lipinski definition) is 1. The quantitative estimate of drug-likeness (QED) is 0.0313. The average Bonchev–Trinajstić information content (AvgIpc) is 3.10. The maximum absolute atomic E-state index is 12.2. The number of ether oxygens (including phenoxy) is 4. The SMILES string of the molecule is CC/C=C\CCCCOC(CCCCCCCN(CCO)CCCCCOC(=O)OCCC12CC3CC(CC(C3)C1)C2)OCCCC/C=C\CC. The fourth-order valence-corrected chi connectivity index (χ4v) is 9.35. The van der Waals surface area contributed by atoms with E-state index in [-0.39, 0.29) is 12.9 Å². The molecule has 0 radical (unpaired) electrons. The van der Waals surface area contributed by atoms with Crippen LogP contribution in [-0.4, -0.2) is 75.1 Å². The van der Waals surface area contributed by atoms with E-state index in [2.05, 4.69) is 43.1 Å². The van der Waals surface area contributed by atoms with Crippen molar-refractivity contribution >= 4 is 6.16 Å². The van der Waals surface area contributed by atoms with Crippen molar-refractivity contribution in [1.82, 2.24) is 4.90 Å². The Morgan fingerprint density at radius 2 is 1.16 bits per heavy atom. The van der Waals surface area contributed by atoms with Crippen molar-refractivity contribution < 1.29 is 28.8 Å². The van der Waals surface area contributed by atoms with Gasteiger partial charge in [0.05, 0.1) is 19.8 Å². The van der Waals surface area contributed by atoms with E-state index in [0.29, 0.717) is 18.6 Å². The Morgan fingerprint density at radius 3 is 1.73 bits per heavy atom. The Labute approximate surface area is 313 Å². The molecule has 0 unspecified atom stereocenters. The zero-order valence-corrected chi connectivity index (χ0v) is 33.2. The van der Waals surface area contributed by atoms with Crippen LogP contribution in [0.4, 0.5) is 4.79 Å². The van der Waals surface area contributed by atoms with E-state index in [1.54, 1.807) is 0 Å². The van der Waals surface area contributed by atoms with Gasteiger partial charge in [0.2, 0.25) is 0 Å². The van der Waals surface area contributed by atoms with Crippen LogP contribution in [0.3, 0.4) is 0 Å². The second-order valence-corrected chi connectivity index (χ2v) is 16.2. The first kappa shape index (κ1) is 44.0. The Balaban J connectivity index is 1.16. The summed E-state index contributed by atoms with van der Waals surface area (Å²) in [6, 6.07) is 0. The summed E-state index contributed by atoms with van der Waals surface area (Å²) >= 11 is 0. The van der Waals surface area contributed by atoms with Crippen LogP contribution in [0.1, 0.15) is 168 Å². The number of carbonyl (C=O) groups excluding carboxylic acids is 1. The molecule has 0 atom stereocenters. The number of nitrogens with zero attached hydrogens (tertiary/aromatic N) is 1. The molecule has 4 bridgehead atoms. The fourth-order valence-electron chi connectivity index (χ4n) is 9.35. The summed E-state index contributed by atoms with van der Waals surface area (Å²) in [6.07, 6.45) is 36.8. The summed E-state index contributed by atoms with van der Waals surface area (Å²) in [5, 5.41) is 9.59. The zero-order valence-electron chi connectivity index (χ0n) is 33.2. The molecule has 4 aliphatic rings. The number of aliphatic hydroxyl groups is 1. The number of unbranched alkanes of at least 4 members (excludes halogenated alkanes) is 10. The van der Waals surface area contributed by atoms with Crippen molar-refractivity contribution in [2.75, 3.05) is 52.7 Å². The minimum atomic E-state index is -0.491. The largest absolute Gasteiger partial charge is 0.508 e. The molecule has 4 fully saturated rings. The molecular formula is C44H79NO6. The molecule has 0 aromatic carbocycles. The molecule has 0 aliphatic heterocycles. The topological polar surface area (TPSA) is 77.5 Å². The smallest absolute Gasteiger partial charge is 0.434 e. The molecule has 0 aromatic heterocycles. The van der Waals surface area contributed by atoms with Gasteiger partial charge in [-0.05, 0) is 171 Å². The van der Waals surface area contributed by atoms with Gasteiger partial charge in [0.25, 0.3) is 0 Å². The van der Waals surface area contributed by atoms with Gasteiger partial charge < -0.3 is 29.0 Å².